The zero-order chi connectivity index (χ0) is 96.4. The molecule has 0 atom stereocenters. The van der Waals surface area contributed by atoms with E-state index in [0.29, 0.717) is 23.4 Å². The molecule has 23 aromatic carbocycles. The fraction of sp³-hybridized carbons (Fsp3) is 0. The highest BCUT2D eigenvalue weighted by Crippen LogP contribution is 2.59. The molecule has 6 aromatic heterocycles. The van der Waals surface area contributed by atoms with Crippen molar-refractivity contribution in [1.29, 1.82) is 0 Å². The molecule has 10 nitrogen and oxygen atoms in total. The minimum Gasteiger partial charge on any atom is -0.316 e. The van der Waals surface area contributed by atoms with Gasteiger partial charge in [0.05, 0.1) is 38.8 Å². The number of hydrogen-bond donors (Lipinski definition) is 0. The Hall–Kier alpha value is -19.8. The second-order valence-corrected chi connectivity index (χ2v) is 38.3. The van der Waals surface area contributed by atoms with Gasteiger partial charge in [-0.25, -0.2) is 34.9 Å². The molecule has 0 aliphatic heterocycles. The monoisotopic (exact) mass is 1870 g/mol. The molecule has 0 amide bonds. The summed E-state index contributed by atoms with van der Waals surface area (Å²) >= 11 is 0. The van der Waals surface area contributed by atoms with E-state index in [0.717, 1.165) is 89.1 Å². The first kappa shape index (κ1) is 83.0. The zero-order valence-corrected chi connectivity index (χ0v) is 79.3. The SMILES string of the molecule is c1ccc(-c2nc(-c3ccc(-n4cc5c6c(cccc64)-c4c(c6ccccc6c6ccccc46)-c4ccccc4-5)cc3)nc(-c3ccc4ccccc4c3)n2)cc1.c1ccc(-c2nc(-n3cc4c5c(cccc53)-c3c(c5ccccc5c5ccccc35)-c3ccccc3-4)nc3ccccc23)cc1.c1ccc(-c2nc3ccccc3nc2-n2cc3c4c(cccc42)-c2c(c4ccccc4c4ccccc24)-c2ccccc2-3)cc1. The fourth-order valence-corrected chi connectivity index (χ4v) is 24.0. The van der Waals surface area contributed by atoms with E-state index in [1.165, 1.54) is 192 Å². The number of hydrogen-bond acceptors (Lipinski definition) is 7. The largest absolute Gasteiger partial charge is 0.316 e. The lowest BCUT2D eigenvalue weighted by Crippen LogP contribution is -2.03. The van der Waals surface area contributed by atoms with Crippen molar-refractivity contribution in [2.24, 2.45) is 0 Å². The standard InChI is InChI=1S/C53H32N4.2C42H25N3/c1-2-14-34(15-3-1)51-54-52(56-53(55-51)37-26-25-33-13-4-5-16-36(33)31-37)35-27-29-38(30-28-35)57-32-46-41-19-8-11-22-44(41)49-42-20-9-6-17-39(42)40-18-7-10-21-43(40)50(49)45-23-12-24-47(57)48(45)46;1-2-13-26(14-3-1)41-42(44-36-23-11-10-22-35(36)43-41)45-25-34-29-17-6-9-20-32(29)39-30-18-7-4-15-27(30)28-16-5-8-19-31(28)40(39)33-21-12-24-37(45)38(33)34;1-2-13-26(14-3-1)41-33-21-10-11-23-36(33)43-42(44-41)45-25-35-29-17-6-9-20-32(29)39-30-18-7-4-15-27(30)28-16-5-8-19-31(28)40(39)34-22-12-24-37(45)38(34)35/h1-32H;2*1-25H. The Bertz CT molecular complexity index is 10600. The number of para-hydroxylation sites is 3. The Morgan fingerprint density at radius 1 is 0.156 bits per heavy atom. The maximum absolute atomic E-state index is 5.28. The second kappa shape index (κ2) is 33.4. The molecule has 0 unspecified atom stereocenters. The van der Waals surface area contributed by atoms with Gasteiger partial charge in [0.1, 0.15) is 5.69 Å². The van der Waals surface area contributed by atoms with Gasteiger partial charge in [-0.05, 0) is 226 Å². The number of benzene rings is 23. The van der Waals surface area contributed by atoms with Crippen molar-refractivity contribution in [1.82, 2.24) is 48.6 Å². The van der Waals surface area contributed by atoms with E-state index < -0.39 is 0 Å². The van der Waals surface area contributed by atoms with Crippen LogP contribution in [0.4, 0.5) is 0 Å². The number of rotatable bonds is 8. The molecule has 680 valence electrons. The highest BCUT2D eigenvalue weighted by molar-refractivity contribution is 6.31. The van der Waals surface area contributed by atoms with Crippen LogP contribution in [0.2, 0.25) is 0 Å². The van der Waals surface area contributed by atoms with Crippen molar-refractivity contribution in [2.45, 2.75) is 0 Å². The molecular weight excluding hydrogens is 1790 g/mol. The first-order chi connectivity index (χ1) is 73.0. The van der Waals surface area contributed by atoms with E-state index in [1.54, 1.807) is 0 Å². The van der Waals surface area contributed by atoms with Crippen LogP contribution in [0, 0.1) is 0 Å². The van der Waals surface area contributed by atoms with Crippen molar-refractivity contribution in [3.8, 4) is 174 Å². The maximum atomic E-state index is 5.28. The lowest BCUT2D eigenvalue weighted by Gasteiger charge is -2.19. The molecule has 10 heteroatoms. The molecule has 0 saturated heterocycles. The Morgan fingerprint density at radius 3 is 0.912 bits per heavy atom. The summed E-state index contributed by atoms with van der Waals surface area (Å²) in [7, 11) is 0. The van der Waals surface area contributed by atoms with E-state index in [-0.39, 0.29) is 0 Å². The van der Waals surface area contributed by atoms with Crippen LogP contribution >= 0.6 is 0 Å². The van der Waals surface area contributed by atoms with Crippen LogP contribution in [0.1, 0.15) is 0 Å². The van der Waals surface area contributed by atoms with E-state index in [4.69, 9.17) is 34.9 Å². The van der Waals surface area contributed by atoms with E-state index in [2.05, 4.69) is 439 Å². The van der Waals surface area contributed by atoms with Crippen LogP contribution in [-0.2, 0) is 0 Å². The van der Waals surface area contributed by atoms with Gasteiger partial charge >= 0.3 is 0 Å². The summed E-state index contributed by atoms with van der Waals surface area (Å²) in [5, 5.41) is 22.4. The maximum Gasteiger partial charge on any atom is 0.235 e. The van der Waals surface area contributed by atoms with Crippen molar-refractivity contribution in [3.05, 3.63) is 498 Å². The average Bonchev–Trinajstić information content (AvgIpc) is 1.57. The smallest absolute Gasteiger partial charge is 0.235 e. The molecule has 6 heterocycles. The van der Waals surface area contributed by atoms with Gasteiger partial charge in [-0.3, -0.25) is 9.13 Å². The molecule has 0 spiro atoms. The van der Waals surface area contributed by atoms with Crippen LogP contribution in [0.25, 0.3) is 304 Å². The van der Waals surface area contributed by atoms with Crippen molar-refractivity contribution in [2.75, 3.05) is 0 Å². The summed E-state index contributed by atoms with van der Waals surface area (Å²) in [5.74, 6) is 3.43. The summed E-state index contributed by atoms with van der Waals surface area (Å²) in [6.07, 6.45) is 6.86. The molecule has 0 saturated carbocycles. The lowest BCUT2D eigenvalue weighted by molar-refractivity contribution is 0.985. The van der Waals surface area contributed by atoms with E-state index >= 15 is 0 Å². The van der Waals surface area contributed by atoms with Crippen LogP contribution in [0.3, 0.4) is 0 Å². The van der Waals surface area contributed by atoms with Gasteiger partial charge in [0.2, 0.25) is 5.95 Å². The van der Waals surface area contributed by atoms with Gasteiger partial charge in [0.15, 0.2) is 23.3 Å². The summed E-state index contributed by atoms with van der Waals surface area (Å²) in [4.78, 5) is 36.0. The third-order valence-corrected chi connectivity index (χ3v) is 30.3. The summed E-state index contributed by atoms with van der Waals surface area (Å²) < 4.78 is 6.80. The van der Waals surface area contributed by atoms with Crippen LogP contribution < -0.4 is 0 Å². The lowest BCUT2D eigenvalue weighted by atomic mass is 9.85. The Balaban J connectivity index is 0.000000103. The fourth-order valence-electron chi connectivity index (χ4n) is 24.0. The summed E-state index contributed by atoms with van der Waals surface area (Å²) in [5.41, 5.74) is 36.4. The van der Waals surface area contributed by atoms with Crippen LogP contribution in [0.15, 0.2) is 498 Å². The second-order valence-electron chi connectivity index (χ2n) is 38.3. The van der Waals surface area contributed by atoms with Crippen LogP contribution in [0.5, 0.6) is 0 Å². The Kier molecular flexibility index (Phi) is 18.9. The Morgan fingerprint density at radius 2 is 0.463 bits per heavy atom. The van der Waals surface area contributed by atoms with Gasteiger partial charge in [-0.2, -0.15) is 0 Å². The van der Waals surface area contributed by atoms with Crippen molar-refractivity contribution in [3.63, 3.8) is 0 Å². The summed E-state index contributed by atoms with van der Waals surface area (Å²) in [6, 6.07) is 171. The average molecular weight is 1870 g/mol. The molecule has 0 bridgehead atoms. The topological polar surface area (TPSA) is 105 Å². The predicted octanol–water partition coefficient (Wildman–Crippen LogP) is 35.3. The quantitative estimate of drug-likeness (QED) is 0.140. The first-order valence-corrected chi connectivity index (χ1v) is 50.1. The summed E-state index contributed by atoms with van der Waals surface area (Å²) in [6.45, 7) is 0. The van der Waals surface area contributed by atoms with Crippen LogP contribution in [-0.4, -0.2) is 48.6 Å². The zero-order valence-electron chi connectivity index (χ0n) is 79.3. The minimum atomic E-state index is 0.637. The third kappa shape index (κ3) is 13.1. The van der Waals surface area contributed by atoms with Gasteiger partial charge < -0.3 is 4.57 Å². The molecule has 3 aliphatic carbocycles. The number of fused-ring (bicyclic) bond motifs is 33. The normalized spacial score (nSPS) is 11.9. The van der Waals surface area contributed by atoms with E-state index in [9.17, 15) is 0 Å². The first-order valence-electron chi connectivity index (χ1n) is 50.1. The highest BCUT2D eigenvalue weighted by Gasteiger charge is 2.34. The predicted molar refractivity (Wildman–Crippen MR) is 609 cm³/mol. The van der Waals surface area contributed by atoms with Gasteiger partial charge in [-0.15, -0.1) is 0 Å². The molecular formula is C137H82N10. The molecule has 3 aliphatic rings. The van der Waals surface area contributed by atoms with Gasteiger partial charge in [0, 0.05) is 90.3 Å². The molecule has 147 heavy (non-hydrogen) atoms. The molecule has 0 fully saturated rings. The Labute approximate surface area is 844 Å². The number of nitrogens with zero attached hydrogens (tertiary/aromatic N) is 10. The number of aromatic nitrogens is 10. The third-order valence-electron chi connectivity index (χ3n) is 30.3. The minimum absolute atomic E-state index is 0.637. The van der Waals surface area contributed by atoms with Gasteiger partial charge in [0.25, 0.3) is 0 Å². The molecule has 0 N–H and O–H groups in total. The van der Waals surface area contributed by atoms with Gasteiger partial charge in [-0.1, -0.05) is 413 Å². The van der Waals surface area contributed by atoms with Crippen molar-refractivity contribution < 1.29 is 0 Å². The molecule has 29 aromatic rings. The molecule has 0 radical (unpaired) electrons. The molecule has 32 rings (SSSR count). The van der Waals surface area contributed by atoms with E-state index in [1.807, 2.05) is 72.8 Å². The van der Waals surface area contributed by atoms with Crippen molar-refractivity contribution >= 4 is 130 Å². The highest BCUT2D eigenvalue weighted by atomic mass is 15.2.